The summed E-state index contributed by atoms with van der Waals surface area (Å²) in [7, 11) is 0. The molecular formula is C15H18F13NO. The van der Waals surface area contributed by atoms with Crippen LogP contribution in [-0.4, -0.2) is 48.7 Å². The molecule has 180 valence electrons. The van der Waals surface area contributed by atoms with E-state index in [2.05, 4.69) is 0 Å². The number of rotatable bonds is 10. The normalized spacial score (nSPS) is 16.0. The van der Waals surface area contributed by atoms with E-state index in [-0.39, 0.29) is 6.42 Å². The third-order valence-electron chi connectivity index (χ3n) is 4.56. The molecule has 0 spiro atoms. The van der Waals surface area contributed by atoms with Gasteiger partial charge in [-0.1, -0.05) is 20.8 Å². The van der Waals surface area contributed by atoms with Gasteiger partial charge in [-0.05, 0) is 12.8 Å². The fourth-order valence-corrected chi connectivity index (χ4v) is 2.05. The highest BCUT2D eigenvalue weighted by Gasteiger charge is 2.85. The van der Waals surface area contributed by atoms with Crippen LogP contribution in [0.2, 0.25) is 0 Å². The average Bonchev–Trinajstić information content (AvgIpc) is 2.56. The highest BCUT2D eigenvalue weighted by Crippen LogP contribution is 2.58. The summed E-state index contributed by atoms with van der Waals surface area (Å²) >= 11 is 0. The van der Waals surface area contributed by atoms with Crippen LogP contribution < -0.4 is 5.32 Å². The maximum Gasteiger partial charge on any atom is 0.397 e. The molecule has 2 nitrogen and oxygen atoms in total. The lowest BCUT2D eigenvalue weighted by Crippen LogP contribution is -2.67. The molecule has 15 heteroatoms. The molecule has 0 saturated heterocycles. The SMILES string of the molecule is CCC(C)(C)C(=O)NCCC(C(F)(F)F)C(F)(F)C(F)(F)C(F)(F)C(F)(F)C(F)F. The number of amides is 1. The molecule has 0 radical (unpaired) electrons. The Balaban J connectivity index is 5.95. The zero-order chi connectivity index (χ0) is 24.6. The van der Waals surface area contributed by atoms with E-state index in [0.717, 1.165) is 0 Å². The molecule has 1 N–H and O–H groups in total. The van der Waals surface area contributed by atoms with E-state index in [1.54, 1.807) is 5.32 Å². The fraction of sp³-hybridized carbons (Fsp3) is 0.933. The van der Waals surface area contributed by atoms with Crippen LogP contribution >= 0.6 is 0 Å². The smallest absolute Gasteiger partial charge is 0.356 e. The van der Waals surface area contributed by atoms with Crippen molar-refractivity contribution in [1.82, 2.24) is 5.32 Å². The fourth-order valence-electron chi connectivity index (χ4n) is 2.05. The minimum atomic E-state index is -7.53. The molecule has 1 atom stereocenters. The summed E-state index contributed by atoms with van der Waals surface area (Å²) in [6, 6.07) is 0. The molecule has 0 aromatic rings. The first-order valence-electron chi connectivity index (χ1n) is 8.16. The van der Waals surface area contributed by atoms with Crippen molar-refractivity contribution in [2.45, 2.75) is 69.9 Å². The molecule has 0 aromatic heterocycles. The second kappa shape index (κ2) is 8.60. The van der Waals surface area contributed by atoms with E-state index in [9.17, 15) is 61.9 Å². The molecule has 0 rings (SSSR count). The highest BCUT2D eigenvalue weighted by atomic mass is 19.4. The van der Waals surface area contributed by atoms with Gasteiger partial charge < -0.3 is 5.32 Å². The Labute approximate surface area is 162 Å². The van der Waals surface area contributed by atoms with Crippen molar-refractivity contribution in [3.63, 3.8) is 0 Å². The Morgan fingerprint density at radius 2 is 1.20 bits per heavy atom. The van der Waals surface area contributed by atoms with Gasteiger partial charge in [-0.25, -0.2) is 8.78 Å². The minimum absolute atomic E-state index is 0.116. The van der Waals surface area contributed by atoms with Gasteiger partial charge in [0.1, 0.15) is 5.92 Å². The highest BCUT2D eigenvalue weighted by molar-refractivity contribution is 5.81. The number of halogens is 13. The van der Waals surface area contributed by atoms with Gasteiger partial charge >= 0.3 is 36.3 Å². The molecule has 0 aliphatic carbocycles. The van der Waals surface area contributed by atoms with E-state index >= 15 is 0 Å². The maximum atomic E-state index is 13.8. The quantitative estimate of drug-likeness (QED) is 0.391. The molecule has 0 saturated carbocycles. The first-order chi connectivity index (χ1) is 13.0. The number of alkyl halides is 13. The van der Waals surface area contributed by atoms with Crippen LogP contribution in [-0.2, 0) is 4.79 Å². The predicted molar refractivity (Wildman–Crippen MR) is 77.0 cm³/mol. The molecule has 0 aliphatic rings. The lowest BCUT2D eigenvalue weighted by molar-refractivity contribution is -0.405. The van der Waals surface area contributed by atoms with E-state index in [4.69, 9.17) is 0 Å². The Morgan fingerprint density at radius 1 is 0.800 bits per heavy atom. The van der Waals surface area contributed by atoms with E-state index in [0.29, 0.717) is 0 Å². The summed E-state index contributed by atoms with van der Waals surface area (Å²) in [6.45, 7) is 2.69. The number of carbonyl (C=O) groups excluding carboxylic acids is 1. The molecule has 1 amide bonds. The summed E-state index contributed by atoms with van der Waals surface area (Å²) in [5.41, 5.74) is -1.22. The van der Waals surface area contributed by atoms with Crippen molar-refractivity contribution in [2.75, 3.05) is 6.54 Å². The zero-order valence-electron chi connectivity index (χ0n) is 15.6. The Hall–Kier alpha value is -1.44. The van der Waals surface area contributed by atoms with E-state index < -0.39 is 66.5 Å². The minimum Gasteiger partial charge on any atom is -0.356 e. The number of hydrogen-bond acceptors (Lipinski definition) is 1. The van der Waals surface area contributed by atoms with Crippen molar-refractivity contribution in [2.24, 2.45) is 11.3 Å². The second-order valence-corrected chi connectivity index (χ2v) is 7.07. The molecule has 0 heterocycles. The van der Waals surface area contributed by atoms with Gasteiger partial charge in [0.15, 0.2) is 0 Å². The average molecular weight is 475 g/mol. The zero-order valence-corrected chi connectivity index (χ0v) is 15.6. The number of carbonyl (C=O) groups is 1. The second-order valence-electron chi connectivity index (χ2n) is 7.07. The van der Waals surface area contributed by atoms with Gasteiger partial charge in [-0.3, -0.25) is 4.79 Å². The Kier molecular flexibility index (Phi) is 8.18. The van der Waals surface area contributed by atoms with Crippen LogP contribution in [0.3, 0.4) is 0 Å². The van der Waals surface area contributed by atoms with Crippen LogP contribution in [0.1, 0.15) is 33.6 Å². The van der Waals surface area contributed by atoms with Gasteiger partial charge in [-0.2, -0.15) is 48.3 Å². The van der Waals surface area contributed by atoms with Gasteiger partial charge in [0, 0.05) is 12.0 Å². The molecule has 0 aliphatic heterocycles. The predicted octanol–water partition coefficient (Wildman–Crippen LogP) is 5.91. The van der Waals surface area contributed by atoms with Crippen molar-refractivity contribution in [3.05, 3.63) is 0 Å². The largest absolute Gasteiger partial charge is 0.397 e. The number of hydrogen-bond donors (Lipinski definition) is 1. The van der Waals surface area contributed by atoms with Gasteiger partial charge in [0.05, 0.1) is 0 Å². The standard InChI is InChI=1S/C15H18F13NO/c1-4-10(2,3)9(30)29-6-5-7(13(22,23)24)11(18,19)14(25,26)15(27,28)12(20,21)8(16)17/h7-8H,4-6H2,1-3H3,(H,29,30). The van der Waals surface area contributed by atoms with Crippen molar-refractivity contribution in [1.29, 1.82) is 0 Å². The summed E-state index contributed by atoms with van der Waals surface area (Å²) in [5, 5.41) is 1.71. The van der Waals surface area contributed by atoms with Crippen molar-refractivity contribution in [3.8, 4) is 0 Å². The Bertz CT molecular complexity index is 598. The summed E-state index contributed by atoms with van der Waals surface area (Å²) in [5.74, 6) is -34.7. The molecule has 0 aromatic carbocycles. The van der Waals surface area contributed by atoms with Crippen molar-refractivity contribution < 1.29 is 61.9 Å². The van der Waals surface area contributed by atoms with Crippen LogP contribution in [0.4, 0.5) is 57.1 Å². The maximum absolute atomic E-state index is 13.8. The van der Waals surface area contributed by atoms with Gasteiger partial charge in [0.2, 0.25) is 5.91 Å². The number of nitrogens with one attached hydrogen (secondary N) is 1. The van der Waals surface area contributed by atoms with Crippen LogP contribution in [0.5, 0.6) is 0 Å². The summed E-state index contributed by atoms with van der Waals surface area (Å²) in [6.07, 6.45) is -13.9. The molecule has 0 bridgehead atoms. The lowest BCUT2D eigenvalue weighted by atomic mass is 9.86. The lowest BCUT2D eigenvalue weighted by Gasteiger charge is -2.40. The molecule has 0 fully saturated rings. The monoisotopic (exact) mass is 475 g/mol. The first kappa shape index (κ1) is 28.6. The molecule has 30 heavy (non-hydrogen) atoms. The third-order valence-corrected chi connectivity index (χ3v) is 4.56. The first-order valence-corrected chi connectivity index (χ1v) is 8.16. The summed E-state index contributed by atoms with van der Waals surface area (Å²) in [4.78, 5) is 11.7. The van der Waals surface area contributed by atoms with Crippen LogP contribution in [0, 0.1) is 11.3 Å². The van der Waals surface area contributed by atoms with Gasteiger partial charge in [-0.15, -0.1) is 0 Å². The van der Waals surface area contributed by atoms with Gasteiger partial charge in [0.25, 0.3) is 0 Å². The molecular weight excluding hydrogens is 457 g/mol. The topological polar surface area (TPSA) is 29.1 Å². The molecule has 1 unspecified atom stereocenters. The van der Waals surface area contributed by atoms with Crippen LogP contribution in [0.15, 0.2) is 0 Å². The van der Waals surface area contributed by atoms with E-state index in [1.807, 2.05) is 0 Å². The summed E-state index contributed by atoms with van der Waals surface area (Å²) < 4.78 is 170. The van der Waals surface area contributed by atoms with E-state index in [1.165, 1.54) is 20.8 Å². The Morgan fingerprint density at radius 3 is 1.53 bits per heavy atom. The van der Waals surface area contributed by atoms with Crippen molar-refractivity contribution >= 4 is 5.91 Å². The third kappa shape index (κ3) is 5.06. The van der Waals surface area contributed by atoms with Crippen LogP contribution in [0.25, 0.3) is 0 Å².